The highest BCUT2D eigenvalue weighted by atomic mass is 16.7. The lowest BCUT2D eigenvalue weighted by Crippen LogP contribution is -2.41. The zero-order valence-electron chi connectivity index (χ0n) is 15.1. The van der Waals surface area contributed by atoms with Crippen molar-refractivity contribution in [1.82, 2.24) is 4.90 Å². The van der Waals surface area contributed by atoms with Crippen LogP contribution in [0, 0.1) is 5.92 Å². The van der Waals surface area contributed by atoms with Gasteiger partial charge in [0, 0.05) is 13.1 Å². The average Bonchev–Trinajstić information content (AvgIpc) is 2.80. The molecule has 0 bridgehead atoms. The summed E-state index contributed by atoms with van der Waals surface area (Å²) in [6.45, 7) is 15.4. The monoisotopic (exact) mass is 311 g/mol. The van der Waals surface area contributed by atoms with Crippen molar-refractivity contribution in [2.24, 2.45) is 5.92 Å². The van der Waals surface area contributed by atoms with E-state index in [4.69, 9.17) is 14.0 Å². The molecule has 1 unspecified atom stereocenters. The zero-order valence-corrected chi connectivity index (χ0v) is 15.1. The lowest BCUT2D eigenvalue weighted by molar-refractivity contribution is 0.00578. The molecule has 0 aliphatic carbocycles. The third kappa shape index (κ3) is 3.96. The molecule has 22 heavy (non-hydrogen) atoms. The van der Waals surface area contributed by atoms with Crippen molar-refractivity contribution in [2.75, 3.05) is 13.1 Å². The fourth-order valence-corrected chi connectivity index (χ4v) is 2.85. The summed E-state index contributed by atoms with van der Waals surface area (Å²) < 4.78 is 17.5. The van der Waals surface area contributed by atoms with Gasteiger partial charge in [-0.15, -0.1) is 0 Å². The molecule has 5 nitrogen and oxygen atoms in total. The van der Waals surface area contributed by atoms with Gasteiger partial charge >= 0.3 is 13.2 Å². The topological polar surface area (TPSA) is 48.0 Å². The van der Waals surface area contributed by atoms with Gasteiger partial charge in [0.15, 0.2) is 0 Å². The highest BCUT2D eigenvalue weighted by Crippen LogP contribution is 2.39. The summed E-state index contributed by atoms with van der Waals surface area (Å²) in [5.74, 6) is 0.405. The highest BCUT2D eigenvalue weighted by Gasteiger charge is 2.51. The quantitative estimate of drug-likeness (QED) is 0.734. The average molecular weight is 311 g/mol. The van der Waals surface area contributed by atoms with Crippen LogP contribution < -0.4 is 0 Å². The molecule has 1 atom stereocenters. The summed E-state index contributed by atoms with van der Waals surface area (Å²) in [4.78, 5) is 13.9. The Morgan fingerprint density at radius 3 is 2.27 bits per heavy atom. The minimum Gasteiger partial charge on any atom is -0.444 e. The van der Waals surface area contributed by atoms with Crippen LogP contribution in [0.3, 0.4) is 0 Å². The van der Waals surface area contributed by atoms with Gasteiger partial charge in [-0.1, -0.05) is 0 Å². The Kier molecular flexibility index (Phi) is 4.57. The highest BCUT2D eigenvalue weighted by molar-refractivity contribution is 6.45. The first-order chi connectivity index (χ1) is 9.90. The Hall–Kier alpha value is -0.745. The first-order valence-corrected chi connectivity index (χ1v) is 8.23. The predicted octanol–water partition coefficient (Wildman–Crippen LogP) is 3.34. The van der Waals surface area contributed by atoms with E-state index >= 15 is 0 Å². The van der Waals surface area contributed by atoms with Crippen LogP contribution in [0.2, 0.25) is 6.32 Å². The van der Waals surface area contributed by atoms with Gasteiger partial charge in [-0.2, -0.15) is 0 Å². The molecule has 0 aromatic rings. The number of hydrogen-bond donors (Lipinski definition) is 0. The molecule has 0 aromatic carbocycles. The molecular weight excluding hydrogens is 281 g/mol. The van der Waals surface area contributed by atoms with E-state index in [1.165, 1.54) is 0 Å². The van der Waals surface area contributed by atoms with E-state index in [-0.39, 0.29) is 24.4 Å². The van der Waals surface area contributed by atoms with Gasteiger partial charge in [0.1, 0.15) is 5.60 Å². The number of ether oxygens (including phenoxy) is 1. The van der Waals surface area contributed by atoms with E-state index in [2.05, 4.69) is 27.7 Å². The summed E-state index contributed by atoms with van der Waals surface area (Å²) in [6.07, 6.45) is 1.58. The Labute approximate surface area is 134 Å². The largest absolute Gasteiger partial charge is 0.458 e. The van der Waals surface area contributed by atoms with Gasteiger partial charge in [-0.3, -0.25) is 0 Å². The molecule has 0 saturated carbocycles. The molecular formula is C16H30BNO4. The Morgan fingerprint density at radius 2 is 1.77 bits per heavy atom. The van der Waals surface area contributed by atoms with E-state index in [0.29, 0.717) is 5.92 Å². The second-order valence-corrected chi connectivity index (χ2v) is 8.50. The van der Waals surface area contributed by atoms with Gasteiger partial charge in [0.25, 0.3) is 0 Å². The van der Waals surface area contributed by atoms with Gasteiger partial charge in [0.05, 0.1) is 11.2 Å². The van der Waals surface area contributed by atoms with E-state index in [1.807, 2.05) is 20.8 Å². The molecule has 0 spiro atoms. The maximum absolute atomic E-state index is 12.1. The van der Waals surface area contributed by atoms with Crippen LogP contribution in [-0.2, 0) is 14.0 Å². The van der Waals surface area contributed by atoms with E-state index in [9.17, 15) is 4.79 Å². The third-order valence-electron chi connectivity index (χ3n) is 4.77. The van der Waals surface area contributed by atoms with E-state index < -0.39 is 5.60 Å². The van der Waals surface area contributed by atoms with Crippen molar-refractivity contribution in [2.45, 2.75) is 78.0 Å². The van der Waals surface area contributed by atoms with E-state index in [0.717, 1.165) is 25.8 Å². The van der Waals surface area contributed by atoms with Crippen LogP contribution in [0.1, 0.15) is 54.9 Å². The van der Waals surface area contributed by atoms with Gasteiger partial charge in [0.2, 0.25) is 0 Å². The van der Waals surface area contributed by atoms with Crippen molar-refractivity contribution < 1.29 is 18.8 Å². The lowest BCUT2D eigenvalue weighted by Gasteiger charge is -2.32. The van der Waals surface area contributed by atoms with Crippen molar-refractivity contribution in [3.8, 4) is 0 Å². The van der Waals surface area contributed by atoms with Crippen molar-refractivity contribution in [3.05, 3.63) is 0 Å². The molecule has 2 fully saturated rings. The van der Waals surface area contributed by atoms with Crippen LogP contribution in [0.25, 0.3) is 0 Å². The van der Waals surface area contributed by atoms with E-state index in [1.54, 1.807) is 4.90 Å². The van der Waals surface area contributed by atoms with Gasteiger partial charge < -0.3 is 18.9 Å². The second kappa shape index (κ2) is 5.71. The molecule has 0 radical (unpaired) electrons. The van der Waals surface area contributed by atoms with Crippen LogP contribution in [-0.4, -0.2) is 48.0 Å². The summed E-state index contributed by atoms with van der Waals surface area (Å²) in [5.41, 5.74) is -1.02. The molecule has 0 aromatic heterocycles. The number of rotatable bonds is 2. The first kappa shape index (κ1) is 17.6. The molecule has 2 saturated heterocycles. The Balaban J connectivity index is 1.84. The molecule has 0 N–H and O–H groups in total. The fraction of sp³-hybridized carbons (Fsp3) is 0.938. The maximum Gasteiger partial charge on any atom is 0.458 e. The number of amides is 1. The first-order valence-electron chi connectivity index (χ1n) is 8.23. The zero-order chi connectivity index (χ0) is 16.8. The number of carbonyl (C=O) groups is 1. The van der Waals surface area contributed by atoms with Crippen molar-refractivity contribution in [3.63, 3.8) is 0 Å². The molecule has 2 aliphatic rings. The van der Waals surface area contributed by atoms with Crippen LogP contribution in [0.15, 0.2) is 0 Å². The van der Waals surface area contributed by atoms with Gasteiger partial charge in [-0.25, -0.2) is 4.79 Å². The predicted molar refractivity (Wildman–Crippen MR) is 86.8 cm³/mol. The standard InChI is InChI=1S/C16H30BNO4/c1-14(2,3)20-13(19)18-9-8-12(11-18)10-17-21-15(4,5)16(6,7)22-17/h12H,8-11H2,1-7H3. The molecule has 2 aliphatic heterocycles. The Morgan fingerprint density at radius 1 is 1.23 bits per heavy atom. The SMILES string of the molecule is CC(C)(C)OC(=O)N1CCC(CB2OC(C)(C)C(C)(C)O2)C1. The van der Waals surface area contributed by atoms with Crippen LogP contribution >= 0.6 is 0 Å². The second-order valence-electron chi connectivity index (χ2n) is 8.50. The van der Waals surface area contributed by atoms with Crippen LogP contribution in [0.5, 0.6) is 0 Å². The lowest BCUT2D eigenvalue weighted by atomic mass is 9.77. The number of carbonyl (C=O) groups excluding carboxylic acids is 1. The molecule has 126 valence electrons. The number of likely N-dealkylation sites (tertiary alicyclic amines) is 1. The summed E-state index contributed by atoms with van der Waals surface area (Å²) in [7, 11) is -0.186. The minimum absolute atomic E-state index is 0.186. The fourth-order valence-electron chi connectivity index (χ4n) is 2.85. The summed E-state index contributed by atoms with van der Waals surface area (Å²) in [5, 5.41) is 0. The normalized spacial score (nSPS) is 27.3. The smallest absolute Gasteiger partial charge is 0.444 e. The van der Waals surface area contributed by atoms with Crippen molar-refractivity contribution >= 4 is 13.2 Å². The minimum atomic E-state index is -0.444. The summed E-state index contributed by atoms with van der Waals surface area (Å²) in [6, 6.07) is 0. The Bertz CT molecular complexity index is 414. The molecule has 6 heteroatoms. The van der Waals surface area contributed by atoms with Crippen LogP contribution in [0.4, 0.5) is 4.79 Å². The molecule has 2 rings (SSSR count). The number of nitrogens with zero attached hydrogens (tertiary/aromatic N) is 1. The maximum atomic E-state index is 12.1. The third-order valence-corrected chi connectivity index (χ3v) is 4.77. The number of hydrogen-bond acceptors (Lipinski definition) is 4. The van der Waals surface area contributed by atoms with Crippen molar-refractivity contribution in [1.29, 1.82) is 0 Å². The molecule has 1 amide bonds. The summed E-state index contributed by atoms with van der Waals surface area (Å²) >= 11 is 0. The van der Waals surface area contributed by atoms with Gasteiger partial charge in [-0.05, 0) is 67.1 Å². The molecule has 2 heterocycles.